The van der Waals surface area contributed by atoms with Crippen molar-refractivity contribution in [3.05, 3.63) is 64.7 Å². The molecule has 5 rings (SSSR count). The maximum atomic E-state index is 12.6. The van der Waals surface area contributed by atoms with Crippen molar-refractivity contribution in [3.63, 3.8) is 0 Å². The lowest BCUT2D eigenvalue weighted by Crippen LogP contribution is -2.36. The van der Waals surface area contributed by atoms with E-state index in [-0.39, 0.29) is 5.56 Å². The third kappa shape index (κ3) is 4.21. The molecule has 0 aromatic carbocycles. The molecule has 0 atom stereocenters. The first kappa shape index (κ1) is 19.2. The van der Waals surface area contributed by atoms with Crippen LogP contribution in [0.15, 0.2) is 47.8 Å². The number of aryl methyl sites for hydroxylation is 2. The van der Waals surface area contributed by atoms with Crippen LogP contribution in [0, 0.1) is 5.92 Å². The first-order valence-corrected chi connectivity index (χ1v) is 11.0. The van der Waals surface area contributed by atoms with Gasteiger partial charge in [0.1, 0.15) is 0 Å². The first-order valence-electron chi connectivity index (χ1n) is 11.0. The number of hydrogen-bond donors (Lipinski definition) is 0. The summed E-state index contributed by atoms with van der Waals surface area (Å²) in [6, 6.07) is 7.67. The van der Waals surface area contributed by atoms with E-state index in [1.54, 1.807) is 29.4 Å². The van der Waals surface area contributed by atoms with E-state index in [0.717, 1.165) is 57.5 Å². The van der Waals surface area contributed by atoms with Crippen LogP contribution in [0.3, 0.4) is 0 Å². The predicted molar refractivity (Wildman–Crippen MR) is 115 cm³/mol. The van der Waals surface area contributed by atoms with Crippen molar-refractivity contribution in [1.82, 2.24) is 29.2 Å². The highest BCUT2D eigenvalue weighted by Gasteiger charge is 2.21. The quantitative estimate of drug-likeness (QED) is 0.654. The molecule has 1 saturated heterocycles. The topological polar surface area (TPSA) is 68.8 Å². The number of likely N-dealkylation sites (tertiary alicyclic amines) is 1. The van der Waals surface area contributed by atoms with Crippen LogP contribution in [0.4, 0.5) is 0 Å². The van der Waals surface area contributed by atoms with Crippen molar-refractivity contribution >= 4 is 0 Å². The summed E-state index contributed by atoms with van der Waals surface area (Å²) in [4.78, 5) is 23.6. The monoisotopic (exact) mass is 404 g/mol. The molecule has 30 heavy (non-hydrogen) atoms. The Labute approximate surface area is 176 Å². The van der Waals surface area contributed by atoms with Crippen LogP contribution in [-0.4, -0.2) is 42.3 Å². The van der Waals surface area contributed by atoms with Crippen molar-refractivity contribution in [2.75, 3.05) is 13.1 Å². The highest BCUT2D eigenvalue weighted by Crippen LogP contribution is 2.22. The Morgan fingerprint density at radius 3 is 2.63 bits per heavy atom. The highest BCUT2D eigenvalue weighted by molar-refractivity contribution is 5.57. The lowest BCUT2D eigenvalue weighted by atomic mass is 9.96. The van der Waals surface area contributed by atoms with Crippen LogP contribution in [0.1, 0.15) is 37.1 Å². The minimum Gasteiger partial charge on any atom is -0.299 e. The number of hydrogen-bond acceptors (Lipinski definition) is 5. The highest BCUT2D eigenvalue weighted by atomic mass is 16.1. The van der Waals surface area contributed by atoms with Gasteiger partial charge in [-0.15, -0.1) is 0 Å². The smallest absolute Gasteiger partial charge is 0.253 e. The molecule has 0 aliphatic carbocycles. The van der Waals surface area contributed by atoms with Crippen molar-refractivity contribution in [1.29, 1.82) is 0 Å². The average Bonchev–Trinajstić information content (AvgIpc) is 3.19. The molecule has 1 fully saturated rings. The molecule has 7 nitrogen and oxygen atoms in total. The Morgan fingerprint density at radius 1 is 1.03 bits per heavy atom. The van der Waals surface area contributed by atoms with Crippen molar-refractivity contribution in [2.45, 2.75) is 51.7 Å². The molecule has 0 saturated carbocycles. The Morgan fingerprint density at radius 2 is 1.87 bits per heavy atom. The molecule has 0 radical (unpaired) electrons. The fourth-order valence-electron chi connectivity index (χ4n) is 4.63. The molecule has 0 spiro atoms. The lowest BCUT2D eigenvalue weighted by molar-refractivity contribution is 0.164. The van der Waals surface area contributed by atoms with E-state index >= 15 is 0 Å². The molecule has 156 valence electrons. The summed E-state index contributed by atoms with van der Waals surface area (Å²) in [5.41, 5.74) is 4.24. The number of aromatic nitrogens is 5. The summed E-state index contributed by atoms with van der Waals surface area (Å²) in [6.45, 7) is 4.87. The summed E-state index contributed by atoms with van der Waals surface area (Å²) in [5, 5.41) is 4.79. The van der Waals surface area contributed by atoms with Crippen molar-refractivity contribution in [2.24, 2.45) is 5.92 Å². The molecule has 7 heteroatoms. The number of piperidine rings is 1. The third-order valence-electron chi connectivity index (χ3n) is 6.37. The van der Waals surface area contributed by atoms with Crippen LogP contribution in [0.2, 0.25) is 0 Å². The van der Waals surface area contributed by atoms with E-state index in [1.165, 1.54) is 24.2 Å². The SMILES string of the molecule is O=c1cc(-c2ccncc2)ncn1CC1CCN(Cc2cc3n(n2)CCCC3)CC1. The van der Waals surface area contributed by atoms with E-state index in [2.05, 4.69) is 25.6 Å². The summed E-state index contributed by atoms with van der Waals surface area (Å²) >= 11 is 0. The molecule has 3 aromatic rings. The van der Waals surface area contributed by atoms with Crippen molar-refractivity contribution in [3.8, 4) is 11.3 Å². The van der Waals surface area contributed by atoms with Crippen LogP contribution in [0.5, 0.6) is 0 Å². The van der Waals surface area contributed by atoms with E-state index in [1.807, 2.05) is 12.1 Å². The van der Waals surface area contributed by atoms with Gasteiger partial charge in [-0.05, 0) is 69.3 Å². The Balaban J connectivity index is 1.16. The van der Waals surface area contributed by atoms with Gasteiger partial charge in [0.15, 0.2) is 0 Å². The molecular formula is C23H28N6O. The summed E-state index contributed by atoms with van der Waals surface area (Å²) < 4.78 is 3.95. The zero-order valence-corrected chi connectivity index (χ0v) is 17.3. The lowest BCUT2D eigenvalue weighted by Gasteiger charge is -2.31. The fourth-order valence-corrected chi connectivity index (χ4v) is 4.63. The Kier molecular flexibility index (Phi) is 5.45. The second-order valence-electron chi connectivity index (χ2n) is 8.53. The molecule has 0 unspecified atom stereocenters. The molecule has 0 bridgehead atoms. The predicted octanol–water partition coefficient (Wildman–Crippen LogP) is 2.75. The van der Waals surface area contributed by atoms with E-state index in [9.17, 15) is 4.79 Å². The maximum Gasteiger partial charge on any atom is 0.253 e. The fraction of sp³-hybridized carbons (Fsp3) is 0.478. The summed E-state index contributed by atoms with van der Waals surface area (Å²) in [5.74, 6) is 0.516. The van der Waals surface area contributed by atoms with E-state index in [0.29, 0.717) is 11.6 Å². The minimum absolute atomic E-state index is 0.0165. The average molecular weight is 405 g/mol. The molecule has 0 N–H and O–H groups in total. The van der Waals surface area contributed by atoms with Crippen LogP contribution in [-0.2, 0) is 26.1 Å². The van der Waals surface area contributed by atoms with Gasteiger partial charge in [-0.25, -0.2) is 4.98 Å². The van der Waals surface area contributed by atoms with Crippen LogP contribution >= 0.6 is 0 Å². The summed E-state index contributed by atoms with van der Waals surface area (Å²) in [6.07, 6.45) is 11.0. The van der Waals surface area contributed by atoms with Gasteiger partial charge in [0.05, 0.1) is 17.7 Å². The molecule has 0 amide bonds. The Hall–Kier alpha value is -2.80. The number of nitrogens with zero attached hydrogens (tertiary/aromatic N) is 6. The second kappa shape index (κ2) is 8.52. The van der Waals surface area contributed by atoms with Gasteiger partial charge in [-0.1, -0.05) is 0 Å². The van der Waals surface area contributed by atoms with Gasteiger partial charge in [0, 0.05) is 49.4 Å². The number of pyridine rings is 1. The normalized spacial score (nSPS) is 17.7. The zero-order valence-electron chi connectivity index (χ0n) is 17.3. The molecule has 2 aliphatic heterocycles. The molecule has 2 aliphatic rings. The number of rotatable bonds is 5. The Bertz CT molecular complexity index is 1030. The van der Waals surface area contributed by atoms with Crippen molar-refractivity contribution < 1.29 is 0 Å². The van der Waals surface area contributed by atoms with Gasteiger partial charge in [0.2, 0.25) is 0 Å². The minimum atomic E-state index is 0.0165. The summed E-state index contributed by atoms with van der Waals surface area (Å²) in [7, 11) is 0. The molecular weight excluding hydrogens is 376 g/mol. The van der Waals surface area contributed by atoms with Crippen LogP contribution < -0.4 is 5.56 Å². The third-order valence-corrected chi connectivity index (χ3v) is 6.37. The largest absolute Gasteiger partial charge is 0.299 e. The first-order chi connectivity index (χ1) is 14.7. The molecule has 3 aromatic heterocycles. The van der Waals surface area contributed by atoms with Gasteiger partial charge in [-0.3, -0.25) is 23.9 Å². The number of fused-ring (bicyclic) bond motifs is 1. The van der Waals surface area contributed by atoms with Gasteiger partial charge >= 0.3 is 0 Å². The van der Waals surface area contributed by atoms with Gasteiger partial charge in [0.25, 0.3) is 5.56 Å². The van der Waals surface area contributed by atoms with E-state index in [4.69, 9.17) is 5.10 Å². The van der Waals surface area contributed by atoms with Crippen LogP contribution in [0.25, 0.3) is 11.3 Å². The zero-order chi connectivity index (χ0) is 20.3. The maximum absolute atomic E-state index is 12.6. The molecule has 5 heterocycles. The van der Waals surface area contributed by atoms with Gasteiger partial charge in [-0.2, -0.15) is 5.10 Å². The van der Waals surface area contributed by atoms with Gasteiger partial charge < -0.3 is 0 Å². The second-order valence-corrected chi connectivity index (χ2v) is 8.53. The standard InChI is InChI=1S/C23H28N6O/c30-23-14-22(19-4-8-24-9-5-19)25-17-28(23)15-18-6-11-27(12-7-18)16-20-13-21-3-1-2-10-29(21)26-20/h4-5,8-9,13-14,17-18H,1-3,6-7,10-12,15-16H2. The van der Waals surface area contributed by atoms with E-state index < -0.39 is 0 Å².